The molecule has 0 bridgehead atoms. The summed E-state index contributed by atoms with van der Waals surface area (Å²) < 4.78 is 52.6. The summed E-state index contributed by atoms with van der Waals surface area (Å²) in [5.74, 6) is -2.92. The molecule has 0 radical (unpaired) electrons. The van der Waals surface area contributed by atoms with Crippen molar-refractivity contribution in [3.63, 3.8) is 0 Å². The fourth-order valence-electron chi connectivity index (χ4n) is 2.96. The van der Waals surface area contributed by atoms with E-state index in [1.807, 2.05) is 6.07 Å². The zero-order chi connectivity index (χ0) is 22.3. The van der Waals surface area contributed by atoms with E-state index in [1.165, 1.54) is 18.2 Å². The van der Waals surface area contributed by atoms with Crippen molar-refractivity contribution < 1.29 is 17.6 Å². The monoisotopic (exact) mass is 414 g/mol. The number of alkyl halides is 4. The lowest BCUT2D eigenvalue weighted by molar-refractivity contribution is 0.0175. The second-order valence-electron chi connectivity index (χ2n) is 6.76. The quantitative estimate of drug-likeness (QED) is 0.234. The van der Waals surface area contributed by atoms with Crippen molar-refractivity contribution in [3.8, 4) is 6.07 Å². The minimum Gasteiger partial charge on any atom is -0.379 e. The first-order valence-electron chi connectivity index (χ1n) is 9.21. The summed E-state index contributed by atoms with van der Waals surface area (Å²) in [7, 11) is 1.59. The molecule has 6 heteroatoms. The molecule has 2 aromatic carbocycles. The molecule has 156 valence electrons. The summed E-state index contributed by atoms with van der Waals surface area (Å²) in [4.78, 5) is 0. The zero-order valence-electron chi connectivity index (χ0n) is 16.7. The Labute approximate surface area is 173 Å². The summed E-state index contributed by atoms with van der Waals surface area (Å²) in [5.41, 5.74) is 3.01. The van der Waals surface area contributed by atoms with Crippen LogP contribution in [-0.4, -0.2) is 13.5 Å². The van der Waals surface area contributed by atoms with Gasteiger partial charge in [0.25, 0.3) is 5.92 Å². The van der Waals surface area contributed by atoms with Crippen molar-refractivity contribution in [1.29, 1.82) is 5.26 Å². The fourth-order valence-corrected chi connectivity index (χ4v) is 2.96. The van der Waals surface area contributed by atoms with Crippen LogP contribution in [0.1, 0.15) is 34.7 Å². The number of halogens is 4. The lowest BCUT2D eigenvalue weighted by Gasteiger charge is -2.11. The number of hydrogen-bond acceptors (Lipinski definition) is 2. The van der Waals surface area contributed by atoms with E-state index in [0.29, 0.717) is 27.8 Å². The van der Waals surface area contributed by atoms with E-state index in [9.17, 15) is 22.8 Å². The van der Waals surface area contributed by atoms with Crippen molar-refractivity contribution in [2.75, 3.05) is 7.05 Å². The smallest absolute Gasteiger partial charge is 0.270 e. The molecule has 1 N–H and O–H groups in total. The van der Waals surface area contributed by atoms with Crippen molar-refractivity contribution in [3.05, 3.63) is 88.6 Å². The third-order valence-electron chi connectivity index (χ3n) is 4.44. The van der Waals surface area contributed by atoms with Crippen LogP contribution in [0.4, 0.5) is 17.6 Å². The van der Waals surface area contributed by atoms with Crippen LogP contribution in [0.3, 0.4) is 0 Å². The normalized spacial score (nSPS) is 12.6. The molecule has 0 unspecified atom stereocenters. The van der Waals surface area contributed by atoms with Gasteiger partial charge in [-0.25, -0.2) is 17.6 Å². The average molecular weight is 414 g/mol. The highest BCUT2D eigenvalue weighted by Crippen LogP contribution is 2.28. The van der Waals surface area contributed by atoms with Gasteiger partial charge in [0.15, 0.2) is 0 Å². The maximum atomic E-state index is 13.3. The minimum absolute atomic E-state index is 0.0854. The van der Waals surface area contributed by atoms with Crippen LogP contribution in [0, 0.1) is 11.3 Å². The van der Waals surface area contributed by atoms with Crippen LogP contribution >= 0.6 is 0 Å². The maximum absolute atomic E-state index is 13.3. The number of nitrogens with zero attached hydrogens (tertiary/aromatic N) is 1. The van der Waals surface area contributed by atoms with Crippen LogP contribution in [0.2, 0.25) is 0 Å². The van der Waals surface area contributed by atoms with Gasteiger partial charge in [-0.15, -0.1) is 0 Å². The van der Waals surface area contributed by atoms with Crippen LogP contribution in [0.15, 0.2) is 60.8 Å². The Morgan fingerprint density at radius 1 is 1.13 bits per heavy atom. The summed E-state index contributed by atoms with van der Waals surface area (Å²) >= 11 is 0. The predicted molar refractivity (Wildman–Crippen MR) is 113 cm³/mol. The maximum Gasteiger partial charge on any atom is 0.270 e. The molecule has 2 rings (SSSR count). The first-order valence-corrected chi connectivity index (χ1v) is 9.21. The van der Waals surface area contributed by atoms with E-state index in [4.69, 9.17) is 0 Å². The molecule has 0 aliphatic heterocycles. The number of nitrogens with one attached hydrogen (secondary N) is 1. The van der Waals surface area contributed by atoms with Crippen molar-refractivity contribution >= 4 is 17.7 Å². The lowest BCUT2D eigenvalue weighted by atomic mass is 9.96. The van der Waals surface area contributed by atoms with Crippen LogP contribution in [0.5, 0.6) is 0 Å². The largest absolute Gasteiger partial charge is 0.379 e. The van der Waals surface area contributed by atoms with Gasteiger partial charge >= 0.3 is 0 Å². The van der Waals surface area contributed by atoms with Gasteiger partial charge in [-0.1, -0.05) is 61.2 Å². The van der Waals surface area contributed by atoms with E-state index in [1.54, 1.807) is 49.5 Å². The predicted octanol–water partition coefficient (Wildman–Crippen LogP) is 6.42. The third-order valence-corrected chi connectivity index (χ3v) is 4.44. The molecule has 30 heavy (non-hydrogen) atoms. The molecule has 0 spiro atoms. The van der Waals surface area contributed by atoms with Gasteiger partial charge in [0.1, 0.15) is 11.8 Å². The molecular formula is C24H22F4N2. The second kappa shape index (κ2) is 9.93. The number of nitriles is 1. The fraction of sp³-hybridized carbons (Fsp3) is 0.208. The Hall–Kier alpha value is -3.33. The Morgan fingerprint density at radius 3 is 2.27 bits per heavy atom. The molecule has 0 aliphatic carbocycles. The molecule has 0 aromatic heterocycles. The zero-order valence-corrected chi connectivity index (χ0v) is 16.7. The highest BCUT2D eigenvalue weighted by Gasteiger charge is 2.23. The molecule has 0 saturated carbocycles. The van der Waals surface area contributed by atoms with Gasteiger partial charge in [-0.05, 0) is 28.3 Å². The summed E-state index contributed by atoms with van der Waals surface area (Å²) in [6.07, 6.45) is 1.97. The third kappa shape index (κ3) is 6.08. The highest BCUT2D eigenvalue weighted by molar-refractivity contribution is 5.81. The van der Waals surface area contributed by atoms with Gasteiger partial charge in [-0.3, -0.25) is 0 Å². The van der Waals surface area contributed by atoms with Crippen LogP contribution in [-0.2, 0) is 12.3 Å². The van der Waals surface area contributed by atoms with Crippen molar-refractivity contribution in [2.45, 2.75) is 25.7 Å². The van der Waals surface area contributed by atoms with Crippen molar-refractivity contribution in [1.82, 2.24) is 5.32 Å². The van der Waals surface area contributed by atoms with E-state index in [-0.39, 0.29) is 11.3 Å². The summed E-state index contributed by atoms with van der Waals surface area (Å²) in [6, 6.07) is 12.9. The van der Waals surface area contributed by atoms with Gasteiger partial charge < -0.3 is 5.32 Å². The SMILES string of the molecule is C=C/C(=C(/C#N)NC)c1cc(/C=C/c2ccc(C(C)(F)F)cc2)cc(CC(F)F)c1. The molecule has 0 fully saturated rings. The highest BCUT2D eigenvalue weighted by atomic mass is 19.3. The summed E-state index contributed by atoms with van der Waals surface area (Å²) in [6.45, 7) is 4.55. The molecule has 0 atom stereocenters. The average Bonchev–Trinajstić information content (AvgIpc) is 2.69. The van der Waals surface area contributed by atoms with Crippen molar-refractivity contribution in [2.24, 2.45) is 0 Å². The lowest BCUT2D eigenvalue weighted by Crippen LogP contribution is -2.07. The topological polar surface area (TPSA) is 35.8 Å². The molecular weight excluding hydrogens is 392 g/mol. The molecule has 0 saturated heterocycles. The molecule has 2 aromatic rings. The van der Waals surface area contributed by atoms with E-state index >= 15 is 0 Å². The van der Waals surface area contributed by atoms with Gasteiger partial charge in [0.05, 0.1) is 0 Å². The van der Waals surface area contributed by atoms with Gasteiger partial charge in [0, 0.05) is 31.5 Å². The first-order chi connectivity index (χ1) is 14.2. The molecule has 0 amide bonds. The number of rotatable bonds is 8. The van der Waals surface area contributed by atoms with E-state index in [0.717, 1.165) is 6.92 Å². The standard InChI is InChI=1S/C24H22F4N2/c1-4-21(22(15-29)30-3)19-12-17(11-18(13-19)14-23(25)26)6-5-16-7-9-20(10-8-16)24(2,27)28/h4-13,23,30H,1,14H2,2-3H3/b6-5+,22-21+. The van der Waals surface area contributed by atoms with Crippen LogP contribution in [0.25, 0.3) is 17.7 Å². The Balaban J connectivity index is 2.46. The first kappa shape index (κ1) is 23.0. The van der Waals surface area contributed by atoms with E-state index < -0.39 is 18.8 Å². The molecule has 0 aliphatic rings. The Bertz CT molecular complexity index is 991. The van der Waals surface area contributed by atoms with Gasteiger partial charge in [0.2, 0.25) is 6.43 Å². The Kier molecular flexibility index (Phi) is 7.60. The summed E-state index contributed by atoms with van der Waals surface area (Å²) in [5, 5.41) is 12.1. The molecule has 0 heterocycles. The number of hydrogen-bond donors (Lipinski definition) is 1. The van der Waals surface area contributed by atoms with Crippen LogP contribution < -0.4 is 5.32 Å². The molecule has 2 nitrogen and oxygen atoms in total. The van der Waals surface area contributed by atoms with E-state index in [2.05, 4.69) is 11.9 Å². The number of benzene rings is 2. The second-order valence-corrected chi connectivity index (χ2v) is 6.76. The van der Waals surface area contributed by atoms with Gasteiger partial charge in [-0.2, -0.15) is 5.26 Å². The number of allylic oxidation sites excluding steroid dienone is 3. The Morgan fingerprint density at radius 2 is 1.77 bits per heavy atom. The minimum atomic E-state index is -2.92.